The van der Waals surface area contributed by atoms with Gasteiger partial charge in [0.05, 0.1) is 9.79 Å². The van der Waals surface area contributed by atoms with Crippen molar-refractivity contribution >= 4 is 20.0 Å². The van der Waals surface area contributed by atoms with Crippen molar-refractivity contribution in [2.45, 2.75) is 16.3 Å². The van der Waals surface area contributed by atoms with Gasteiger partial charge in [-0.25, -0.2) is 26.4 Å². The Morgan fingerprint density at radius 3 is 2.22 bits per heavy atom. The number of halogens is 1. The largest absolute Gasteiger partial charge is 0.243 e. The molecule has 0 unspecified atom stereocenters. The van der Waals surface area contributed by atoms with Gasteiger partial charge in [0.2, 0.25) is 20.0 Å². The first-order valence-corrected chi connectivity index (χ1v) is 9.43. The molecule has 124 valence electrons. The average molecular weight is 358 g/mol. The van der Waals surface area contributed by atoms with Crippen LogP contribution in [0.2, 0.25) is 0 Å². The van der Waals surface area contributed by atoms with Crippen LogP contribution < -0.4 is 5.14 Å². The molecule has 0 atom stereocenters. The maximum atomic E-state index is 13.6. The first-order valence-electron chi connectivity index (χ1n) is 6.45. The number of sulfonamides is 2. The molecular formula is C14H15FN2O4S2. The fourth-order valence-electron chi connectivity index (χ4n) is 1.94. The summed E-state index contributed by atoms with van der Waals surface area (Å²) in [6.07, 6.45) is 0. The van der Waals surface area contributed by atoms with Crippen LogP contribution in [-0.4, -0.2) is 28.2 Å². The molecule has 0 amide bonds. The number of nitrogens with two attached hydrogens (primary N) is 1. The minimum absolute atomic E-state index is 0.186. The molecule has 2 aromatic carbocycles. The smallest absolute Gasteiger partial charge is 0.225 e. The van der Waals surface area contributed by atoms with Crippen molar-refractivity contribution in [1.82, 2.24) is 4.31 Å². The lowest BCUT2D eigenvalue weighted by molar-refractivity contribution is 0.456. The number of rotatable bonds is 5. The predicted octanol–water partition coefficient (Wildman–Crippen LogP) is 1.29. The van der Waals surface area contributed by atoms with Gasteiger partial charge in [-0.2, -0.15) is 4.31 Å². The minimum atomic E-state index is -4.02. The van der Waals surface area contributed by atoms with E-state index in [9.17, 15) is 21.2 Å². The Bertz CT molecular complexity index is 927. The summed E-state index contributed by atoms with van der Waals surface area (Å²) in [5, 5.41) is 5.00. The van der Waals surface area contributed by atoms with E-state index in [2.05, 4.69) is 0 Å². The van der Waals surface area contributed by atoms with Gasteiger partial charge >= 0.3 is 0 Å². The lowest BCUT2D eigenvalue weighted by Crippen LogP contribution is -2.27. The van der Waals surface area contributed by atoms with Crippen LogP contribution in [0.3, 0.4) is 0 Å². The minimum Gasteiger partial charge on any atom is -0.225 e. The van der Waals surface area contributed by atoms with Crippen LogP contribution in [0.15, 0.2) is 58.3 Å². The Kier molecular flexibility index (Phi) is 4.85. The highest BCUT2D eigenvalue weighted by Gasteiger charge is 2.23. The van der Waals surface area contributed by atoms with Crippen LogP contribution in [0.5, 0.6) is 0 Å². The van der Waals surface area contributed by atoms with Gasteiger partial charge in [0.1, 0.15) is 5.82 Å². The van der Waals surface area contributed by atoms with Crippen molar-refractivity contribution < 1.29 is 21.2 Å². The van der Waals surface area contributed by atoms with E-state index in [1.807, 2.05) is 0 Å². The van der Waals surface area contributed by atoms with E-state index in [0.717, 1.165) is 10.4 Å². The summed E-state index contributed by atoms with van der Waals surface area (Å²) >= 11 is 0. The number of hydrogen-bond donors (Lipinski definition) is 1. The highest BCUT2D eigenvalue weighted by atomic mass is 32.2. The molecule has 0 radical (unpaired) electrons. The second-order valence-corrected chi connectivity index (χ2v) is 8.48. The van der Waals surface area contributed by atoms with E-state index in [4.69, 9.17) is 5.14 Å². The molecule has 0 bridgehead atoms. The topological polar surface area (TPSA) is 97.5 Å². The molecule has 23 heavy (non-hydrogen) atoms. The van der Waals surface area contributed by atoms with Crippen LogP contribution in [0.1, 0.15) is 5.56 Å². The maximum absolute atomic E-state index is 13.6. The quantitative estimate of drug-likeness (QED) is 0.871. The van der Waals surface area contributed by atoms with Gasteiger partial charge < -0.3 is 0 Å². The molecule has 0 heterocycles. The van der Waals surface area contributed by atoms with Crippen LogP contribution in [-0.2, 0) is 26.6 Å². The second kappa shape index (κ2) is 6.36. The maximum Gasteiger partial charge on any atom is 0.243 e. The number of hydrogen-bond acceptors (Lipinski definition) is 4. The van der Waals surface area contributed by atoms with Crippen molar-refractivity contribution in [3.63, 3.8) is 0 Å². The van der Waals surface area contributed by atoms with Crippen molar-refractivity contribution in [2.75, 3.05) is 7.05 Å². The molecule has 9 heteroatoms. The average Bonchev–Trinajstić information content (AvgIpc) is 2.48. The van der Waals surface area contributed by atoms with Crippen molar-refractivity contribution in [2.24, 2.45) is 5.14 Å². The molecule has 0 spiro atoms. The monoisotopic (exact) mass is 358 g/mol. The molecule has 0 aliphatic rings. The Morgan fingerprint density at radius 2 is 1.61 bits per heavy atom. The van der Waals surface area contributed by atoms with E-state index in [1.54, 1.807) is 6.07 Å². The van der Waals surface area contributed by atoms with Crippen LogP contribution in [0.4, 0.5) is 4.39 Å². The van der Waals surface area contributed by atoms with Crippen molar-refractivity contribution in [3.05, 3.63) is 59.9 Å². The summed E-state index contributed by atoms with van der Waals surface area (Å²) in [6, 6.07) is 10.5. The molecular weight excluding hydrogens is 343 g/mol. The van der Waals surface area contributed by atoms with Gasteiger partial charge in [-0.15, -0.1) is 0 Å². The fourth-order valence-corrected chi connectivity index (χ4v) is 3.77. The van der Waals surface area contributed by atoms with Crippen LogP contribution in [0, 0.1) is 5.82 Å². The fraction of sp³-hybridized carbons (Fsp3) is 0.143. The molecule has 0 saturated heterocycles. The highest BCUT2D eigenvalue weighted by Crippen LogP contribution is 2.20. The summed E-state index contributed by atoms with van der Waals surface area (Å²) in [4.78, 5) is -0.541. The molecule has 2 rings (SSSR count). The lowest BCUT2D eigenvalue weighted by atomic mass is 10.2. The van der Waals surface area contributed by atoms with Crippen LogP contribution in [0.25, 0.3) is 0 Å². The number of primary sulfonamides is 1. The first-order chi connectivity index (χ1) is 10.6. The summed E-state index contributed by atoms with van der Waals surface area (Å²) in [5.74, 6) is -0.521. The summed E-state index contributed by atoms with van der Waals surface area (Å²) in [6.45, 7) is -0.186. The molecule has 0 aromatic heterocycles. The molecule has 0 aliphatic carbocycles. The van der Waals surface area contributed by atoms with Gasteiger partial charge in [-0.3, -0.25) is 0 Å². The molecule has 0 fully saturated rings. The second-order valence-electron chi connectivity index (χ2n) is 4.87. The van der Waals surface area contributed by atoms with Gasteiger partial charge in [0.25, 0.3) is 0 Å². The third-order valence-corrected chi connectivity index (χ3v) is 5.90. The van der Waals surface area contributed by atoms with E-state index in [0.29, 0.717) is 0 Å². The zero-order valence-corrected chi connectivity index (χ0v) is 13.8. The molecule has 0 aliphatic heterocycles. The standard InChI is InChI=1S/C14H15FN2O4S2/c1-17(10-11-5-2-3-8-14(11)15)23(20,21)13-7-4-6-12(9-13)22(16,18)19/h2-9H,10H2,1H3,(H2,16,18,19). The van der Waals surface area contributed by atoms with Gasteiger partial charge in [0, 0.05) is 19.2 Å². The van der Waals surface area contributed by atoms with Crippen LogP contribution >= 0.6 is 0 Å². The Hall–Kier alpha value is -1.81. The Labute approximate surface area is 134 Å². The zero-order chi connectivity index (χ0) is 17.3. The summed E-state index contributed by atoms with van der Waals surface area (Å²) < 4.78 is 62.2. The Balaban J connectivity index is 2.37. The Morgan fingerprint density at radius 1 is 1.00 bits per heavy atom. The van der Waals surface area contributed by atoms with Crippen molar-refractivity contribution in [1.29, 1.82) is 0 Å². The third-order valence-electron chi connectivity index (χ3n) is 3.19. The summed E-state index contributed by atoms with van der Waals surface area (Å²) in [7, 11) is -6.73. The van der Waals surface area contributed by atoms with E-state index in [-0.39, 0.29) is 21.9 Å². The third kappa shape index (κ3) is 3.94. The first kappa shape index (κ1) is 17.5. The molecule has 2 N–H and O–H groups in total. The molecule has 6 nitrogen and oxygen atoms in total. The number of benzene rings is 2. The highest BCUT2D eigenvalue weighted by molar-refractivity contribution is 7.90. The van der Waals surface area contributed by atoms with E-state index < -0.39 is 25.9 Å². The van der Waals surface area contributed by atoms with Gasteiger partial charge in [-0.1, -0.05) is 24.3 Å². The SMILES string of the molecule is CN(Cc1ccccc1F)S(=O)(=O)c1cccc(S(N)(=O)=O)c1. The van der Waals surface area contributed by atoms with Gasteiger partial charge in [-0.05, 0) is 24.3 Å². The van der Waals surface area contributed by atoms with E-state index in [1.165, 1.54) is 43.4 Å². The predicted molar refractivity (Wildman–Crippen MR) is 82.9 cm³/mol. The van der Waals surface area contributed by atoms with E-state index >= 15 is 0 Å². The zero-order valence-electron chi connectivity index (χ0n) is 12.2. The molecule has 2 aromatic rings. The molecule has 0 saturated carbocycles. The summed E-state index contributed by atoms with van der Waals surface area (Å²) in [5.41, 5.74) is 0.209. The van der Waals surface area contributed by atoms with Crippen molar-refractivity contribution in [3.8, 4) is 0 Å². The normalized spacial score (nSPS) is 12.5. The van der Waals surface area contributed by atoms with Gasteiger partial charge in [0.15, 0.2) is 0 Å². The number of nitrogens with zero attached hydrogens (tertiary/aromatic N) is 1. The lowest BCUT2D eigenvalue weighted by Gasteiger charge is -2.18.